The predicted octanol–water partition coefficient (Wildman–Crippen LogP) is 2.95. The second-order valence-corrected chi connectivity index (χ2v) is 6.02. The van der Waals surface area contributed by atoms with Crippen LogP contribution in [0.15, 0.2) is 24.3 Å². The summed E-state index contributed by atoms with van der Waals surface area (Å²) in [5.74, 6) is 0.748. The molecule has 2 rings (SSSR count). The van der Waals surface area contributed by atoms with Crippen LogP contribution in [0.25, 0.3) is 0 Å². The van der Waals surface area contributed by atoms with Gasteiger partial charge in [0, 0.05) is 11.3 Å². The minimum absolute atomic E-state index is 0.00386. The van der Waals surface area contributed by atoms with E-state index in [1.165, 1.54) is 6.92 Å². The van der Waals surface area contributed by atoms with Gasteiger partial charge < -0.3 is 5.32 Å². The van der Waals surface area contributed by atoms with E-state index in [1.54, 1.807) is 18.2 Å². The third kappa shape index (κ3) is 4.14. The highest BCUT2D eigenvalue weighted by atomic mass is 16.2. The number of piperidine rings is 1. The molecule has 1 amide bonds. The van der Waals surface area contributed by atoms with E-state index < -0.39 is 0 Å². The highest BCUT2D eigenvalue weighted by Crippen LogP contribution is 2.19. The number of nitrogens with zero attached hydrogens (tertiary/aromatic N) is 1. The van der Waals surface area contributed by atoms with Crippen LogP contribution in [0.5, 0.6) is 0 Å². The Morgan fingerprint density at radius 2 is 1.95 bits per heavy atom. The fourth-order valence-corrected chi connectivity index (χ4v) is 2.64. The number of Topliss-reactive ketones (excluding diaryl/α,β-unsaturated/α-hetero) is 1. The van der Waals surface area contributed by atoms with Gasteiger partial charge in [-0.1, -0.05) is 19.1 Å². The largest absolute Gasteiger partial charge is 0.325 e. The summed E-state index contributed by atoms with van der Waals surface area (Å²) in [6, 6.07) is 6.95. The molecule has 1 fully saturated rings. The van der Waals surface area contributed by atoms with Crippen molar-refractivity contribution in [1.82, 2.24) is 4.90 Å². The van der Waals surface area contributed by atoms with Crippen molar-refractivity contribution in [3.8, 4) is 0 Å². The minimum Gasteiger partial charge on any atom is -0.325 e. The third-order valence-corrected chi connectivity index (χ3v) is 4.28. The molecule has 1 aliphatic heterocycles. The van der Waals surface area contributed by atoms with Gasteiger partial charge in [-0.3, -0.25) is 14.5 Å². The number of rotatable bonds is 4. The molecule has 21 heavy (non-hydrogen) atoms. The average Bonchev–Trinajstić information content (AvgIpc) is 2.47. The van der Waals surface area contributed by atoms with Gasteiger partial charge in [0.25, 0.3) is 0 Å². The van der Waals surface area contributed by atoms with Crippen LogP contribution in [0.3, 0.4) is 0 Å². The zero-order valence-electron chi connectivity index (χ0n) is 13.1. The molecule has 0 spiro atoms. The van der Waals surface area contributed by atoms with Gasteiger partial charge in [-0.15, -0.1) is 0 Å². The second-order valence-electron chi connectivity index (χ2n) is 6.02. The Labute approximate surface area is 126 Å². The maximum atomic E-state index is 12.3. The van der Waals surface area contributed by atoms with E-state index in [2.05, 4.69) is 17.1 Å². The zero-order chi connectivity index (χ0) is 15.4. The van der Waals surface area contributed by atoms with Crippen LogP contribution in [-0.4, -0.2) is 35.7 Å². The van der Waals surface area contributed by atoms with E-state index in [-0.39, 0.29) is 17.7 Å². The van der Waals surface area contributed by atoms with Crippen molar-refractivity contribution in [1.29, 1.82) is 0 Å². The summed E-state index contributed by atoms with van der Waals surface area (Å²) in [5.41, 5.74) is 1.30. The Kier molecular flexibility index (Phi) is 5.12. The maximum absolute atomic E-state index is 12.3. The second kappa shape index (κ2) is 6.85. The Hall–Kier alpha value is -1.68. The Morgan fingerprint density at radius 1 is 1.29 bits per heavy atom. The maximum Gasteiger partial charge on any atom is 0.241 e. The quantitative estimate of drug-likeness (QED) is 0.867. The number of anilines is 1. The highest BCUT2D eigenvalue weighted by Gasteiger charge is 2.25. The molecule has 1 aromatic carbocycles. The topological polar surface area (TPSA) is 49.4 Å². The molecule has 1 aromatic rings. The van der Waals surface area contributed by atoms with E-state index >= 15 is 0 Å². The Bertz CT molecular complexity index is 519. The summed E-state index contributed by atoms with van der Waals surface area (Å²) >= 11 is 0. The summed E-state index contributed by atoms with van der Waals surface area (Å²) in [5, 5.41) is 2.91. The zero-order valence-corrected chi connectivity index (χ0v) is 13.1. The summed E-state index contributed by atoms with van der Waals surface area (Å²) in [6.45, 7) is 7.68. The molecule has 1 heterocycles. The van der Waals surface area contributed by atoms with Gasteiger partial charge in [0.2, 0.25) is 5.91 Å². The number of amides is 1. The van der Waals surface area contributed by atoms with Gasteiger partial charge in [-0.25, -0.2) is 0 Å². The molecule has 114 valence electrons. The molecular weight excluding hydrogens is 264 g/mol. The van der Waals surface area contributed by atoms with Crippen molar-refractivity contribution >= 4 is 17.4 Å². The molecule has 0 unspecified atom stereocenters. The molecule has 0 radical (unpaired) electrons. The van der Waals surface area contributed by atoms with Gasteiger partial charge in [0.05, 0.1) is 6.04 Å². The molecule has 1 aliphatic rings. The summed E-state index contributed by atoms with van der Waals surface area (Å²) in [7, 11) is 0. The minimum atomic E-state index is -0.140. The van der Waals surface area contributed by atoms with Crippen molar-refractivity contribution < 1.29 is 9.59 Å². The van der Waals surface area contributed by atoms with Crippen LogP contribution in [0.1, 0.15) is 44.0 Å². The number of benzene rings is 1. The van der Waals surface area contributed by atoms with E-state index in [0.29, 0.717) is 11.3 Å². The number of hydrogen-bond acceptors (Lipinski definition) is 3. The van der Waals surface area contributed by atoms with Gasteiger partial charge in [-0.2, -0.15) is 0 Å². The van der Waals surface area contributed by atoms with Crippen LogP contribution in [0.2, 0.25) is 0 Å². The SMILES string of the molecule is CC(=O)c1cccc(NC(=O)[C@H](C)N2CCC(C)CC2)c1. The van der Waals surface area contributed by atoms with Gasteiger partial charge >= 0.3 is 0 Å². The predicted molar refractivity (Wildman–Crippen MR) is 84.5 cm³/mol. The first-order valence-corrected chi connectivity index (χ1v) is 7.63. The number of carbonyl (C=O) groups excluding carboxylic acids is 2. The van der Waals surface area contributed by atoms with E-state index in [0.717, 1.165) is 31.8 Å². The fourth-order valence-electron chi connectivity index (χ4n) is 2.64. The van der Waals surface area contributed by atoms with Crippen LogP contribution in [0, 0.1) is 5.92 Å². The average molecular weight is 288 g/mol. The van der Waals surface area contributed by atoms with Gasteiger partial charge in [-0.05, 0) is 57.8 Å². The smallest absolute Gasteiger partial charge is 0.241 e. The lowest BCUT2D eigenvalue weighted by molar-refractivity contribution is -0.121. The van der Waals surface area contributed by atoms with Gasteiger partial charge in [0.1, 0.15) is 0 Å². The molecule has 1 atom stereocenters. The molecule has 0 saturated carbocycles. The van der Waals surface area contributed by atoms with Gasteiger partial charge in [0.15, 0.2) is 5.78 Å². The summed E-state index contributed by atoms with van der Waals surface area (Å²) < 4.78 is 0. The molecule has 0 aromatic heterocycles. The molecule has 1 N–H and O–H groups in total. The standard InChI is InChI=1S/C17H24N2O2/c1-12-7-9-19(10-8-12)13(2)17(21)18-16-6-4-5-15(11-16)14(3)20/h4-6,11-13H,7-10H2,1-3H3,(H,18,21)/t13-/m0/s1. The van der Waals surface area contributed by atoms with Crippen LogP contribution in [-0.2, 0) is 4.79 Å². The van der Waals surface area contributed by atoms with E-state index in [1.807, 2.05) is 13.0 Å². The normalized spacial score (nSPS) is 18.2. The molecule has 1 saturated heterocycles. The molecular formula is C17H24N2O2. The van der Waals surface area contributed by atoms with Crippen LogP contribution in [0.4, 0.5) is 5.69 Å². The molecule has 4 heteroatoms. The van der Waals surface area contributed by atoms with Crippen molar-refractivity contribution in [2.45, 2.75) is 39.7 Å². The van der Waals surface area contributed by atoms with Crippen molar-refractivity contribution in [3.05, 3.63) is 29.8 Å². The van der Waals surface area contributed by atoms with Crippen LogP contribution < -0.4 is 5.32 Å². The molecule has 0 aliphatic carbocycles. The lowest BCUT2D eigenvalue weighted by Gasteiger charge is -2.34. The highest BCUT2D eigenvalue weighted by molar-refractivity contribution is 5.98. The lowest BCUT2D eigenvalue weighted by Crippen LogP contribution is -2.45. The molecule has 4 nitrogen and oxygen atoms in total. The number of nitrogens with one attached hydrogen (secondary N) is 1. The Morgan fingerprint density at radius 3 is 2.57 bits per heavy atom. The number of ketones is 1. The van der Waals surface area contributed by atoms with E-state index in [9.17, 15) is 9.59 Å². The van der Waals surface area contributed by atoms with E-state index in [4.69, 9.17) is 0 Å². The lowest BCUT2D eigenvalue weighted by atomic mass is 9.98. The number of carbonyl (C=O) groups is 2. The first-order valence-electron chi connectivity index (χ1n) is 7.63. The Balaban J connectivity index is 1.97. The van der Waals surface area contributed by atoms with Crippen molar-refractivity contribution in [2.24, 2.45) is 5.92 Å². The summed E-state index contributed by atoms with van der Waals surface area (Å²) in [6.07, 6.45) is 2.30. The monoisotopic (exact) mass is 288 g/mol. The molecule has 0 bridgehead atoms. The fraction of sp³-hybridized carbons (Fsp3) is 0.529. The summed E-state index contributed by atoms with van der Waals surface area (Å²) in [4.78, 5) is 25.9. The van der Waals surface area contributed by atoms with Crippen molar-refractivity contribution in [2.75, 3.05) is 18.4 Å². The van der Waals surface area contributed by atoms with Crippen LogP contribution >= 0.6 is 0 Å². The number of likely N-dealkylation sites (tertiary alicyclic amines) is 1. The van der Waals surface area contributed by atoms with Crippen molar-refractivity contribution in [3.63, 3.8) is 0 Å². The number of hydrogen-bond donors (Lipinski definition) is 1. The first-order chi connectivity index (χ1) is 9.97. The first kappa shape index (κ1) is 15.7. The third-order valence-electron chi connectivity index (χ3n) is 4.28.